The van der Waals surface area contributed by atoms with Crippen molar-refractivity contribution >= 4 is 143 Å². The van der Waals surface area contributed by atoms with E-state index in [0.29, 0.717) is 59.7 Å². The molecule has 35 heteroatoms. The highest BCUT2D eigenvalue weighted by Crippen LogP contribution is 2.35. The molecule has 698 valence electrons. The second-order valence-electron chi connectivity index (χ2n) is 36.6. The first-order chi connectivity index (χ1) is 64.5. The summed E-state index contributed by atoms with van der Waals surface area (Å²) in [4.78, 5) is 70.3. The zero-order valence-corrected chi connectivity index (χ0v) is 79.2. The van der Waals surface area contributed by atoms with E-state index in [1.807, 2.05) is 96.9 Å². The van der Waals surface area contributed by atoms with E-state index < -0.39 is 0 Å². The highest BCUT2D eigenvalue weighted by molar-refractivity contribution is 5.91. The molecule has 6 atom stereocenters. The molecule has 0 spiro atoms. The number of imidazole rings is 5. The second-order valence-corrected chi connectivity index (χ2v) is 36.6. The first-order valence-corrected chi connectivity index (χ1v) is 47.3. The zero-order chi connectivity index (χ0) is 92.6. The number of fused-ring (bicyclic) bond motifs is 5. The van der Waals surface area contributed by atoms with Gasteiger partial charge in [-0.2, -0.15) is 49.8 Å². The van der Waals surface area contributed by atoms with Crippen molar-refractivity contribution in [3.63, 3.8) is 0 Å². The zero-order valence-electron chi connectivity index (χ0n) is 79.2. The summed E-state index contributed by atoms with van der Waals surface area (Å²) in [6.45, 7) is 38.3. The van der Waals surface area contributed by atoms with Crippen molar-refractivity contribution in [2.45, 2.75) is 228 Å². The predicted octanol–water partition coefficient (Wildman–Crippen LogP) is 17.3. The SMILES string of the molecule is CCn1cnc2c(Nc3cccc(C)c3)nc(N[C@@H]3CCCC[C@@H]3N)nc21.Cc1cccc(Nc2nc(N[C@@H]3CCCNC3)nc3c2ncn3C(C)C)c1.Cc1cccc(Nc2nc(N[C@@H]3CCNC3)nc3c2ncn3C(C)C)c1.Cc1cccc(Nc2nc(N[C@H]3CCCNC3)nc3c2ncn3C(C)C)c1.Cc1cccc(Nc2nc(N[C@H]3CCNC3)nc3c2ncn3C(C)C)c1. The molecule has 0 amide bonds. The number of nitrogens with zero attached hydrogens (tertiary/aromatic N) is 20. The number of aromatic nitrogens is 20. The molecule has 10 aromatic heterocycles. The molecular formula is C98H131N35. The molecule has 1 saturated carbocycles. The number of hydrogen-bond donors (Lipinski definition) is 15. The Balaban J connectivity index is 0.000000121. The molecule has 5 fully saturated rings. The Morgan fingerprint density at radius 2 is 0.586 bits per heavy atom. The number of nitrogens with one attached hydrogen (secondary N) is 14. The van der Waals surface area contributed by atoms with Gasteiger partial charge in [-0.25, -0.2) is 24.9 Å². The second kappa shape index (κ2) is 43.3. The largest absolute Gasteiger partial charge is 0.350 e. The van der Waals surface area contributed by atoms with E-state index in [1.165, 1.54) is 40.7 Å². The van der Waals surface area contributed by atoms with Crippen molar-refractivity contribution in [1.29, 1.82) is 0 Å². The Kier molecular flexibility index (Phi) is 30.3. The lowest BCUT2D eigenvalue weighted by molar-refractivity contribution is 0.402. The van der Waals surface area contributed by atoms with Crippen molar-refractivity contribution in [3.8, 4) is 0 Å². The summed E-state index contributed by atoms with van der Waals surface area (Å²) in [7, 11) is 0. The minimum Gasteiger partial charge on any atom is -0.350 e. The molecule has 5 aliphatic rings. The van der Waals surface area contributed by atoms with Gasteiger partial charge in [0.05, 0.1) is 31.6 Å². The van der Waals surface area contributed by atoms with Crippen LogP contribution in [0.3, 0.4) is 0 Å². The summed E-state index contributed by atoms with van der Waals surface area (Å²) in [5, 5.41) is 48.1. The number of rotatable bonds is 25. The van der Waals surface area contributed by atoms with Crippen LogP contribution in [0.2, 0.25) is 0 Å². The number of anilines is 15. The van der Waals surface area contributed by atoms with Crippen LogP contribution < -0.4 is 80.2 Å². The Labute approximate surface area is 777 Å². The average molecular weight is 1800 g/mol. The van der Waals surface area contributed by atoms with Gasteiger partial charge in [0.15, 0.2) is 84.9 Å². The number of benzene rings is 5. The minimum atomic E-state index is 0.141. The van der Waals surface area contributed by atoms with E-state index >= 15 is 0 Å². The fourth-order valence-corrected chi connectivity index (χ4v) is 17.2. The van der Waals surface area contributed by atoms with Gasteiger partial charge < -0.3 is 103 Å². The van der Waals surface area contributed by atoms with Gasteiger partial charge in [-0.1, -0.05) is 73.5 Å². The first-order valence-electron chi connectivity index (χ1n) is 47.3. The number of hydrogen-bond acceptors (Lipinski definition) is 30. The van der Waals surface area contributed by atoms with E-state index in [9.17, 15) is 0 Å². The average Bonchev–Trinajstić information content (AvgIpc) is 1.66. The molecule has 0 radical (unpaired) electrons. The van der Waals surface area contributed by atoms with Crippen molar-refractivity contribution in [2.24, 2.45) is 5.73 Å². The standard InChI is InChI=1S/3C20H27N7.2C19H25N7/c2*1-13(2)27-12-22-17-18(23-15-7-4-6-14(3)10-15)25-20(26-19(17)27)24-16-8-5-9-21-11-16;1-3-27-12-22-17-18(23-14-8-6-7-13(2)11-14)25-20(26-19(17)27)24-16-10-5-4-9-15(16)21;2*1-12(2)26-11-21-16-17(22-14-6-4-5-13(3)9-14)24-19(25-18(16)26)23-15-7-8-20-10-15/h2*4,6-7,10,12-13,16,21H,5,8-9,11H2,1-3H3,(H2,23,24,25,26);6-8,11-12,15-16H,3-5,9-10,21H2,1-2H3,(H2,23,24,25,26);2*4-6,9,11-12,15,20H,7-8,10H2,1-3H3,(H2,22,23,24,25)/t2*16-;15-,16+;2*15-/m10010/s1. The maximum atomic E-state index is 6.30. The van der Waals surface area contributed by atoms with E-state index in [4.69, 9.17) is 55.6 Å². The summed E-state index contributed by atoms with van der Waals surface area (Å²) in [6, 6.07) is 44.1. The Morgan fingerprint density at radius 3 is 0.857 bits per heavy atom. The van der Waals surface area contributed by atoms with Gasteiger partial charge >= 0.3 is 0 Å². The highest BCUT2D eigenvalue weighted by Gasteiger charge is 2.28. The molecule has 20 rings (SSSR count). The quantitative estimate of drug-likeness (QED) is 0.0253. The van der Waals surface area contributed by atoms with Crippen LogP contribution in [0.25, 0.3) is 55.8 Å². The first kappa shape index (κ1) is 92.9. The summed E-state index contributed by atoms with van der Waals surface area (Å²) in [5.74, 6) is 6.82. The van der Waals surface area contributed by atoms with Crippen LogP contribution in [-0.4, -0.2) is 186 Å². The molecular weight excluding hydrogens is 1670 g/mol. The Hall–Kier alpha value is -13.4. The molecule has 5 aromatic carbocycles. The number of piperidine rings is 2. The van der Waals surface area contributed by atoms with Crippen LogP contribution in [0, 0.1) is 34.6 Å². The molecule has 15 aromatic rings. The number of aryl methyl sites for hydroxylation is 6. The molecule has 35 nitrogen and oxygen atoms in total. The summed E-state index contributed by atoms with van der Waals surface area (Å²) >= 11 is 0. The van der Waals surface area contributed by atoms with Gasteiger partial charge in [0.2, 0.25) is 29.7 Å². The van der Waals surface area contributed by atoms with Crippen molar-refractivity contribution in [3.05, 3.63) is 181 Å². The molecule has 14 heterocycles. The topological polar surface area (TPSA) is 412 Å². The van der Waals surface area contributed by atoms with E-state index in [0.717, 1.165) is 218 Å². The lowest BCUT2D eigenvalue weighted by Crippen LogP contribution is -2.43. The summed E-state index contributed by atoms with van der Waals surface area (Å²) in [6.07, 6.45) is 20.4. The molecule has 4 aliphatic heterocycles. The van der Waals surface area contributed by atoms with Gasteiger partial charge in [0.1, 0.15) is 0 Å². The third-order valence-electron chi connectivity index (χ3n) is 24.3. The fourth-order valence-electron chi connectivity index (χ4n) is 17.2. The van der Waals surface area contributed by atoms with E-state index in [2.05, 4.69) is 275 Å². The molecule has 0 bridgehead atoms. The maximum Gasteiger partial charge on any atom is 0.227 e. The van der Waals surface area contributed by atoms with Crippen molar-refractivity contribution < 1.29 is 0 Å². The summed E-state index contributed by atoms with van der Waals surface area (Å²) in [5.41, 5.74) is 25.4. The van der Waals surface area contributed by atoms with Crippen LogP contribution in [0.15, 0.2) is 153 Å². The lowest BCUT2D eigenvalue weighted by atomic mass is 9.91. The van der Waals surface area contributed by atoms with Crippen molar-refractivity contribution in [1.82, 2.24) is 119 Å². The van der Waals surface area contributed by atoms with E-state index in [-0.39, 0.29) is 36.3 Å². The van der Waals surface area contributed by atoms with Gasteiger partial charge in [0.25, 0.3) is 0 Å². The Bertz CT molecular complexity index is 6070. The predicted molar refractivity (Wildman–Crippen MR) is 539 cm³/mol. The monoisotopic (exact) mass is 1800 g/mol. The molecule has 16 N–H and O–H groups in total. The van der Waals surface area contributed by atoms with Crippen LogP contribution in [0.5, 0.6) is 0 Å². The van der Waals surface area contributed by atoms with Crippen LogP contribution >= 0.6 is 0 Å². The van der Waals surface area contributed by atoms with Gasteiger partial charge in [0, 0.05) is 122 Å². The molecule has 4 saturated heterocycles. The van der Waals surface area contributed by atoms with Crippen LogP contribution in [0.4, 0.5) is 87.3 Å². The molecule has 1 aliphatic carbocycles. The lowest BCUT2D eigenvalue weighted by Gasteiger charge is -2.29. The fraction of sp³-hybridized carbons (Fsp3) is 0.439. The molecule has 0 unspecified atom stereocenters. The maximum absolute atomic E-state index is 6.30. The third kappa shape index (κ3) is 23.8. The normalized spacial score (nSPS) is 17.8. The highest BCUT2D eigenvalue weighted by atomic mass is 15.3. The smallest absolute Gasteiger partial charge is 0.227 e. The molecule has 133 heavy (non-hydrogen) atoms. The van der Waals surface area contributed by atoms with Crippen molar-refractivity contribution in [2.75, 3.05) is 106 Å². The van der Waals surface area contributed by atoms with Crippen LogP contribution in [0.1, 0.15) is 179 Å². The third-order valence-corrected chi connectivity index (χ3v) is 24.3. The summed E-state index contributed by atoms with van der Waals surface area (Å²) < 4.78 is 10.4. The number of nitrogens with two attached hydrogens (primary N) is 1. The van der Waals surface area contributed by atoms with E-state index in [1.54, 1.807) is 0 Å². The minimum absolute atomic E-state index is 0.141. The van der Waals surface area contributed by atoms with Gasteiger partial charge in [-0.05, 0) is 263 Å². The van der Waals surface area contributed by atoms with Gasteiger partial charge in [-0.3, -0.25) is 0 Å². The van der Waals surface area contributed by atoms with Gasteiger partial charge in [-0.15, -0.1) is 0 Å². The van der Waals surface area contributed by atoms with Crippen LogP contribution in [-0.2, 0) is 6.54 Å². The Morgan fingerprint density at radius 1 is 0.316 bits per heavy atom.